The van der Waals surface area contributed by atoms with E-state index in [1.807, 2.05) is 11.8 Å². The number of methoxy groups -OCH3 is 1. The minimum absolute atomic E-state index is 0.0139. The zero-order valence-corrected chi connectivity index (χ0v) is 12.1. The molecule has 0 radical (unpaired) electrons. The summed E-state index contributed by atoms with van der Waals surface area (Å²) in [4.78, 5) is 14.4. The van der Waals surface area contributed by atoms with Crippen molar-refractivity contribution < 1.29 is 14.3 Å². The van der Waals surface area contributed by atoms with Gasteiger partial charge in [-0.3, -0.25) is 4.79 Å². The summed E-state index contributed by atoms with van der Waals surface area (Å²) in [6.07, 6.45) is 2.12. The number of anilines is 1. The number of carbonyl (C=O) groups excluding carboxylic acids is 1. The normalized spacial score (nSPS) is 18.9. The summed E-state index contributed by atoms with van der Waals surface area (Å²) in [6, 6.07) is 5.12. The van der Waals surface area contributed by atoms with E-state index in [1.165, 1.54) is 0 Å². The molecule has 1 saturated heterocycles. The third-order valence-electron chi connectivity index (χ3n) is 3.48. The van der Waals surface area contributed by atoms with E-state index in [2.05, 4.69) is 0 Å². The van der Waals surface area contributed by atoms with Gasteiger partial charge in [-0.2, -0.15) is 0 Å². The molecule has 1 amide bonds. The van der Waals surface area contributed by atoms with E-state index < -0.39 is 0 Å². The monoisotopic (exact) mass is 278 g/mol. The Balaban J connectivity index is 2.12. The SMILES string of the molecule is CCOC1CCCN(C(=O)c2cc(N)cc(OC)c2)C1. The van der Waals surface area contributed by atoms with Crippen LogP contribution < -0.4 is 10.5 Å². The summed E-state index contributed by atoms with van der Waals surface area (Å²) in [7, 11) is 1.56. The molecule has 5 nitrogen and oxygen atoms in total. The van der Waals surface area contributed by atoms with Crippen molar-refractivity contribution in [2.75, 3.05) is 32.5 Å². The van der Waals surface area contributed by atoms with Gasteiger partial charge in [-0.25, -0.2) is 0 Å². The number of nitrogens with zero attached hydrogens (tertiary/aromatic N) is 1. The van der Waals surface area contributed by atoms with E-state index in [9.17, 15) is 4.79 Å². The smallest absolute Gasteiger partial charge is 0.254 e. The van der Waals surface area contributed by atoms with E-state index in [-0.39, 0.29) is 12.0 Å². The van der Waals surface area contributed by atoms with Crippen LogP contribution in [-0.2, 0) is 4.74 Å². The lowest BCUT2D eigenvalue weighted by Gasteiger charge is -2.32. The number of ether oxygens (including phenoxy) is 2. The minimum Gasteiger partial charge on any atom is -0.497 e. The Labute approximate surface area is 119 Å². The summed E-state index contributed by atoms with van der Waals surface area (Å²) in [5.74, 6) is 0.590. The van der Waals surface area contributed by atoms with Crippen molar-refractivity contribution >= 4 is 11.6 Å². The first-order valence-electron chi connectivity index (χ1n) is 6.99. The van der Waals surface area contributed by atoms with Crippen LogP contribution in [0.5, 0.6) is 5.75 Å². The number of nitrogens with two attached hydrogens (primary N) is 1. The molecule has 1 fully saturated rings. The largest absolute Gasteiger partial charge is 0.497 e. The van der Waals surface area contributed by atoms with Crippen molar-refractivity contribution in [1.29, 1.82) is 0 Å². The van der Waals surface area contributed by atoms with Gasteiger partial charge in [-0.15, -0.1) is 0 Å². The average Bonchev–Trinajstić information content (AvgIpc) is 2.46. The molecule has 1 aliphatic rings. The predicted octanol–water partition coefficient (Wildman–Crippen LogP) is 1.92. The summed E-state index contributed by atoms with van der Waals surface area (Å²) in [6.45, 7) is 4.06. The van der Waals surface area contributed by atoms with Crippen LogP contribution >= 0.6 is 0 Å². The maximum Gasteiger partial charge on any atom is 0.254 e. The van der Waals surface area contributed by atoms with Crippen molar-refractivity contribution in [1.82, 2.24) is 4.90 Å². The van der Waals surface area contributed by atoms with Gasteiger partial charge in [0.25, 0.3) is 5.91 Å². The van der Waals surface area contributed by atoms with Gasteiger partial charge >= 0.3 is 0 Å². The van der Waals surface area contributed by atoms with Crippen molar-refractivity contribution in [3.63, 3.8) is 0 Å². The van der Waals surface area contributed by atoms with Crippen molar-refractivity contribution in [3.05, 3.63) is 23.8 Å². The predicted molar refractivity (Wildman–Crippen MR) is 78.0 cm³/mol. The molecule has 0 aliphatic carbocycles. The standard InChI is InChI=1S/C15H22N2O3/c1-3-20-13-5-4-6-17(10-13)15(18)11-7-12(16)9-14(8-11)19-2/h7-9,13H,3-6,10,16H2,1-2H3. The van der Waals surface area contributed by atoms with Gasteiger partial charge in [0.1, 0.15) is 5.75 Å². The second kappa shape index (κ2) is 6.61. The Morgan fingerprint density at radius 2 is 2.25 bits per heavy atom. The van der Waals surface area contributed by atoms with Gasteiger partial charge in [0.2, 0.25) is 0 Å². The molecule has 2 rings (SSSR count). The molecule has 0 saturated carbocycles. The number of likely N-dealkylation sites (tertiary alicyclic amines) is 1. The lowest BCUT2D eigenvalue weighted by Crippen LogP contribution is -2.43. The van der Waals surface area contributed by atoms with Crippen LogP contribution in [0.4, 0.5) is 5.69 Å². The molecule has 0 bridgehead atoms. The molecule has 1 aliphatic heterocycles. The topological polar surface area (TPSA) is 64.8 Å². The highest BCUT2D eigenvalue weighted by molar-refractivity contribution is 5.95. The lowest BCUT2D eigenvalue weighted by atomic mass is 10.1. The Bertz CT molecular complexity index is 474. The molecular weight excluding hydrogens is 256 g/mol. The molecule has 1 heterocycles. The van der Waals surface area contributed by atoms with Crippen molar-refractivity contribution in [2.24, 2.45) is 0 Å². The third-order valence-corrected chi connectivity index (χ3v) is 3.48. The molecule has 5 heteroatoms. The quantitative estimate of drug-likeness (QED) is 0.855. The van der Waals surface area contributed by atoms with Gasteiger partial charge in [0.05, 0.1) is 13.2 Å². The highest BCUT2D eigenvalue weighted by Gasteiger charge is 2.25. The zero-order chi connectivity index (χ0) is 14.5. The number of carbonyl (C=O) groups is 1. The van der Waals surface area contributed by atoms with E-state index in [1.54, 1.807) is 25.3 Å². The summed E-state index contributed by atoms with van der Waals surface area (Å²) >= 11 is 0. The van der Waals surface area contributed by atoms with Gasteiger partial charge in [-0.1, -0.05) is 0 Å². The van der Waals surface area contributed by atoms with Crippen molar-refractivity contribution in [2.45, 2.75) is 25.9 Å². The molecule has 1 atom stereocenters. The van der Waals surface area contributed by atoms with Gasteiger partial charge in [0, 0.05) is 37.0 Å². The fourth-order valence-corrected chi connectivity index (χ4v) is 2.54. The van der Waals surface area contributed by atoms with Gasteiger partial charge in [0.15, 0.2) is 0 Å². The van der Waals surface area contributed by atoms with Crippen LogP contribution in [0.3, 0.4) is 0 Å². The molecule has 1 unspecified atom stereocenters. The van der Waals surface area contributed by atoms with Crippen molar-refractivity contribution in [3.8, 4) is 5.75 Å². The Morgan fingerprint density at radius 1 is 1.45 bits per heavy atom. The average molecular weight is 278 g/mol. The molecule has 0 aromatic heterocycles. The molecule has 0 spiro atoms. The zero-order valence-electron chi connectivity index (χ0n) is 12.1. The Morgan fingerprint density at radius 3 is 2.95 bits per heavy atom. The fraction of sp³-hybridized carbons (Fsp3) is 0.533. The fourth-order valence-electron chi connectivity index (χ4n) is 2.54. The molecule has 110 valence electrons. The van der Waals surface area contributed by atoms with Gasteiger partial charge in [-0.05, 0) is 31.9 Å². The highest BCUT2D eigenvalue weighted by Crippen LogP contribution is 2.22. The van der Waals surface area contributed by atoms with Crippen LogP contribution in [0.15, 0.2) is 18.2 Å². The van der Waals surface area contributed by atoms with Crippen LogP contribution in [0, 0.1) is 0 Å². The maximum absolute atomic E-state index is 12.5. The highest BCUT2D eigenvalue weighted by atomic mass is 16.5. The first-order chi connectivity index (χ1) is 9.63. The number of nitrogen functional groups attached to an aromatic ring is 1. The molecule has 1 aromatic carbocycles. The summed E-state index contributed by atoms with van der Waals surface area (Å²) < 4.78 is 10.8. The van der Waals surface area contributed by atoms with Crippen LogP contribution in [0.1, 0.15) is 30.1 Å². The van der Waals surface area contributed by atoms with Crippen LogP contribution in [-0.4, -0.2) is 43.7 Å². The number of benzene rings is 1. The number of hydrogen-bond donors (Lipinski definition) is 1. The van der Waals surface area contributed by atoms with Crippen LogP contribution in [0.2, 0.25) is 0 Å². The summed E-state index contributed by atoms with van der Waals surface area (Å²) in [5.41, 5.74) is 6.90. The second-order valence-corrected chi connectivity index (χ2v) is 4.97. The molecule has 20 heavy (non-hydrogen) atoms. The maximum atomic E-state index is 12.5. The lowest BCUT2D eigenvalue weighted by molar-refractivity contribution is 0.00724. The van der Waals surface area contributed by atoms with Gasteiger partial charge < -0.3 is 20.1 Å². The number of piperidine rings is 1. The Kier molecular flexibility index (Phi) is 4.84. The number of amides is 1. The van der Waals surface area contributed by atoms with E-state index in [4.69, 9.17) is 15.2 Å². The number of hydrogen-bond acceptors (Lipinski definition) is 4. The third kappa shape index (κ3) is 3.42. The Hall–Kier alpha value is -1.75. The molecule has 2 N–H and O–H groups in total. The second-order valence-electron chi connectivity index (χ2n) is 4.97. The molecule has 1 aromatic rings. The minimum atomic E-state index is -0.0139. The number of rotatable bonds is 4. The van der Waals surface area contributed by atoms with E-state index in [0.29, 0.717) is 30.2 Å². The van der Waals surface area contributed by atoms with Crippen LogP contribution in [0.25, 0.3) is 0 Å². The summed E-state index contributed by atoms with van der Waals surface area (Å²) in [5, 5.41) is 0. The molecular formula is C15H22N2O3. The first-order valence-corrected chi connectivity index (χ1v) is 6.99. The van der Waals surface area contributed by atoms with E-state index in [0.717, 1.165) is 19.4 Å². The van der Waals surface area contributed by atoms with E-state index >= 15 is 0 Å². The first kappa shape index (κ1) is 14.7.